The van der Waals surface area contributed by atoms with E-state index in [-0.39, 0.29) is 40.9 Å². The van der Waals surface area contributed by atoms with Gasteiger partial charge in [-0.3, -0.25) is 9.59 Å². The summed E-state index contributed by atoms with van der Waals surface area (Å²) < 4.78 is 5.30. The molecule has 0 aromatic carbocycles. The first-order valence-corrected chi connectivity index (χ1v) is 9.55. The number of nitrogens with zero attached hydrogens (tertiary/aromatic N) is 1. The summed E-state index contributed by atoms with van der Waals surface area (Å²) in [6.45, 7) is 9.59. The van der Waals surface area contributed by atoms with E-state index < -0.39 is 18.1 Å². The van der Waals surface area contributed by atoms with E-state index in [1.807, 2.05) is 13.8 Å². The van der Waals surface area contributed by atoms with Gasteiger partial charge in [0.15, 0.2) is 0 Å². The van der Waals surface area contributed by atoms with Crippen molar-refractivity contribution in [1.82, 2.24) is 10.2 Å². The molecule has 146 valence electrons. The first-order chi connectivity index (χ1) is 12.1. The van der Waals surface area contributed by atoms with Crippen molar-refractivity contribution >= 4 is 17.8 Å². The third-order valence-corrected chi connectivity index (χ3v) is 6.49. The normalized spacial score (nSPS) is 33.0. The van der Waals surface area contributed by atoms with Crippen LogP contribution in [0.4, 0.5) is 0 Å². The Balaban J connectivity index is 1.67. The molecule has 5 atom stereocenters. The number of fused-ring (bicyclic) bond motifs is 1. The summed E-state index contributed by atoms with van der Waals surface area (Å²) >= 11 is 0. The van der Waals surface area contributed by atoms with Crippen LogP contribution in [0, 0.1) is 29.1 Å². The van der Waals surface area contributed by atoms with Gasteiger partial charge in [-0.25, -0.2) is 4.79 Å². The molecule has 7 heteroatoms. The molecular formula is C19H30N2O5. The minimum atomic E-state index is -0.951. The molecule has 26 heavy (non-hydrogen) atoms. The van der Waals surface area contributed by atoms with Crippen LogP contribution < -0.4 is 5.32 Å². The second kappa shape index (κ2) is 6.83. The summed E-state index contributed by atoms with van der Waals surface area (Å²) in [4.78, 5) is 38.7. The van der Waals surface area contributed by atoms with Crippen LogP contribution in [0.2, 0.25) is 0 Å². The van der Waals surface area contributed by atoms with E-state index in [0.29, 0.717) is 26.2 Å². The molecule has 0 spiro atoms. The van der Waals surface area contributed by atoms with E-state index in [1.54, 1.807) is 0 Å². The van der Waals surface area contributed by atoms with Crippen LogP contribution >= 0.6 is 0 Å². The highest BCUT2D eigenvalue weighted by Gasteiger charge is 2.69. The van der Waals surface area contributed by atoms with Gasteiger partial charge in [0, 0.05) is 32.1 Å². The van der Waals surface area contributed by atoms with E-state index in [4.69, 9.17) is 4.74 Å². The number of nitrogens with one attached hydrogen (secondary N) is 1. The molecule has 1 aliphatic carbocycles. The van der Waals surface area contributed by atoms with Crippen molar-refractivity contribution in [1.29, 1.82) is 0 Å². The fraction of sp³-hybridized carbons (Fsp3) is 0.842. The van der Waals surface area contributed by atoms with Crippen molar-refractivity contribution in [2.75, 3.05) is 19.8 Å². The fourth-order valence-corrected chi connectivity index (χ4v) is 4.73. The maximum absolute atomic E-state index is 13.1. The van der Waals surface area contributed by atoms with Crippen molar-refractivity contribution < 1.29 is 24.2 Å². The number of aliphatic carboxylic acids is 1. The molecule has 2 saturated heterocycles. The molecule has 0 radical (unpaired) electrons. The van der Waals surface area contributed by atoms with Crippen LogP contribution in [0.1, 0.15) is 40.5 Å². The van der Waals surface area contributed by atoms with Gasteiger partial charge in [-0.15, -0.1) is 0 Å². The molecule has 2 N–H and O–H groups in total. The van der Waals surface area contributed by atoms with Gasteiger partial charge in [-0.2, -0.15) is 0 Å². The Labute approximate surface area is 154 Å². The molecule has 3 aliphatic rings. The SMILES string of the molecule is CC(C)C(NC(=O)CC1CCOC1)C(=O)N1C[C@H]2[C@@H]([C@H]1C(=O)O)C2(C)C. The number of rotatable bonds is 6. The highest BCUT2D eigenvalue weighted by Crippen LogP contribution is 2.64. The Morgan fingerprint density at radius 3 is 2.54 bits per heavy atom. The standard InChI is InChI=1S/C19H30N2O5/c1-10(2)15(20-13(22)7-11-5-6-26-9-11)17(23)21-8-12-14(19(12,3)4)16(21)18(24)25/h10-12,14-16H,5-9H2,1-4H3,(H,20,22)(H,24,25)/t11?,12-,14-,15?,16-/m0/s1. The van der Waals surface area contributed by atoms with Gasteiger partial charge in [-0.1, -0.05) is 27.7 Å². The van der Waals surface area contributed by atoms with Crippen molar-refractivity contribution in [2.45, 2.75) is 52.6 Å². The summed E-state index contributed by atoms with van der Waals surface area (Å²) in [6.07, 6.45) is 1.20. The van der Waals surface area contributed by atoms with Crippen molar-refractivity contribution in [3.8, 4) is 0 Å². The zero-order valence-electron chi connectivity index (χ0n) is 16.0. The summed E-state index contributed by atoms with van der Waals surface area (Å²) in [5.74, 6) is -1.06. The number of piperidine rings is 1. The minimum absolute atomic E-state index is 0.00287. The van der Waals surface area contributed by atoms with Gasteiger partial charge in [0.25, 0.3) is 0 Å². The molecule has 3 fully saturated rings. The fourth-order valence-electron chi connectivity index (χ4n) is 4.73. The van der Waals surface area contributed by atoms with E-state index >= 15 is 0 Å². The Morgan fingerprint density at radius 1 is 1.31 bits per heavy atom. The van der Waals surface area contributed by atoms with Gasteiger partial charge in [0.05, 0.1) is 0 Å². The topological polar surface area (TPSA) is 95.9 Å². The van der Waals surface area contributed by atoms with Crippen LogP contribution in [0.25, 0.3) is 0 Å². The summed E-state index contributed by atoms with van der Waals surface area (Å²) in [5, 5.41) is 12.5. The number of amides is 2. The molecule has 2 amide bonds. The smallest absolute Gasteiger partial charge is 0.326 e. The quantitative estimate of drug-likeness (QED) is 0.734. The maximum Gasteiger partial charge on any atom is 0.326 e. The zero-order chi connectivity index (χ0) is 19.2. The largest absolute Gasteiger partial charge is 0.480 e. The molecule has 2 unspecified atom stereocenters. The lowest BCUT2D eigenvalue weighted by atomic mass is 9.97. The second-order valence-electron chi connectivity index (χ2n) is 8.95. The molecule has 2 aliphatic heterocycles. The van der Waals surface area contributed by atoms with E-state index in [0.717, 1.165) is 6.42 Å². The maximum atomic E-state index is 13.1. The van der Waals surface area contributed by atoms with E-state index in [1.165, 1.54) is 4.90 Å². The molecule has 1 saturated carbocycles. The van der Waals surface area contributed by atoms with Crippen LogP contribution in [0.5, 0.6) is 0 Å². The molecular weight excluding hydrogens is 336 g/mol. The number of likely N-dealkylation sites (tertiary alicyclic amines) is 1. The lowest BCUT2D eigenvalue weighted by molar-refractivity contribution is -0.152. The van der Waals surface area contributed by atoms with E-state index in [2.05, 4.69) is 19.2 Å². The lowest BCUT2D eigenvalue weighted by Crippen LogP contribution is -2.55. The van der Waals surface area contributed by atoms with Crippen LogP contribution in [0.3, 0.4) is 0 Å². The predicted molar refractivity (Wildman–Crippen MR) is 94.2 cm³/mol. The van der Waals surface area contributed by atoms with Crippen LogP contribution in [-0.4, -0.2) is 59.6 Å². The van der Waals surface area contributed by atoms with Gasteiger partial charge < -0.3 is 20.1 Å². The van der Waals surface area contributed by atoms with Gasteiger partial charge >= 0.3 is 5.97 Å². The van der Waals surface area contributed by atoms with Gasteiger partial charge in [0.2, 0.25) is 11.8 Å². The minimum Gasteiger partial charge on any atom is -0.480 e. The Morgan fingerprint density at radius 2 is 2.00 bits per heavy atom. The average molecular weight is 366 g/mol. The zero-order valence-corrected chi connectivity index (χ0v) is 16.0. The Kier molecular flexibility index (Phi) is 5.03. The third kappa shape index (κ3) is 3.33. The highest BCUT2D eigenvalue weighted by molar-refractivity contribution is 5.91. The van der Waals surface area contributed by atoms with Crippen molar-refractivity contribution in [3.05, 3.63) is 0 Å². The molecule has 0 bridgehead atoms. The van der Waals surface area contributed by atoms with E-state index in [9.17, 15) is 19.5 Å². The number of hydrogen-bond donors (Lipinski definition) is 2. The number of hydrogen-bond acceptors (Lipinski definition) is 4. The second-order valence-corrected chi connectivity index (χ2v) is 8.95. The summed E-state index contributed by atoms with van der Waals surface area (Å²) in [7, 11) is 0. The lowest BCUT2D eigenvalue weighted by Gasteiger charge is -2.33. The van der Waals surface area contributed by atoms with Gasteiger partial charge in [-0.05, 0) is 29.6 Å². The van der Waals surface area contributed by atoms with Crippen molar-refractivity contribution in [2.24, 2.45) is 29.1 Å². The van der Waals surface area contributed by atoms with Crippen LogP contribution in [-0.2, 0) is 19.1 Å². The number of carboxylic acids is 1. The Hall–Kier alpha value is -1.63. The highest BCUT2D eigenvalue weighted by atomic mass is 16.5. The molecule has 3 rings (SSSR count). The molecule has 2 heterocycles. The number of ether oxygens (including phenoxy) is 1. The molecule has 7 nitrogen and oxygen atoms in total. The average Bonchev–Trinajstić information content (AvgIpc) is 3.00. The molecule has 0 aromatic heterocycles. The first-order valence-electron chi connectivity index (χ1n) is 9.55. The summed E-state index contributed by atoms with van der Waals surface area (Å²) in [6, 6.07) is -1.48. The number of carboxylic acid groups (broad SMARTS) is 1. The van der Waals surface area contributed by atoms with Gasteiger partial charge in [0.1, 0.15) is 12.1 Å². The summed E-state index contributed by atoms with van der Waals surface area (Å²) in [5.41, 5.74) is -0.0289. The van der Waals surface area contributed by atoms with Crippen molar-refractivity contribution in [3.63, 3.8) is 0 Å². The third-order valence-electron chi connectivity index (χ3n) is 6.49. The predicted octanol–water partition coefficient (Wildman–Crippen LogP) is 1.12. The Bertz CT molecular complexity index is 597. The number of carbonyl (C=O) groups excluding carboxylic acids is 2. The molecule has 0 aromatic rings. The number of carbonyl (C=O) groups is 3. The monoisotopic (exact) mass is 366 g/mol. The first kappa shape index (κ1) is 19.1. The van der Waals surface area contributed by atoms with Crippen LogP contribution in [0.15, 0.2) is 0 Å².